The van der Waals surface area contributed by atoms with Crippen LogP contribution in [0.15, 0.2) is 4.99 Å². The molecule has 1 saturated heterocycles. The van der Waals surface area contributed by atoms with Crippen LogP contribution in [0, 0.1) is 5.92 Å². The molecule has 1 aliphatic heterocycles. The maximum Gasteiger partial charge on any atom is 0.191 e. The molecule has 1 saturated carbocycles. The second kappa shape index (κ2) is 7.84. The summed E-state index contributed by atoms with van der Waals surface area (Å²) in [7, 11) is 3.99. The van der Waals surface area contributed by atoms with Crippen molar-refractivity contribution < 1.29 is 4.74 Å². The third-order valence-electron chi connectivity index (χ3n) is 4.42. The third-order valence-corrected chi connectivity index (χ3v) is 4.42. The molecule has 2 rings (SSSR count). The van der Waals surface area contributed by atoms with Gasteiger partial charge in [0.25, 0.3) is 0 Å². The van der Waals surface area contributed by atoms with Gasteiger partial charge in [0.15, 0.2) is 5.96 Å². The summed E-state index contributed by atoms with van der Waals surface area (Å²) in [5, 5.41) is 6.95. The molecule has 1 unspecified atom stereocenters. The molecule has 1 aliphatic carbocycles. The molecular weight excluding hydrogens is 252 g/mol. The Morgan fingerprint density at radius 1 is 1.30 bits per heavy atom. The molecule has 5 nitrogen and oxygen atoms in total. The number of guanidine groups is 1. The fraction of sp³-hybridized carbons (Fsp3) is 0.933. The number of hydrogen-bond donors (Lipinski definition) is 2. The van der Waals surface area contributed by atoms with E-state index in [1.165, 1.54) is 25.7 Å². The van der Waals surface area contributed by atoms with Crippen LogP contribution < -0.4 is 10.6 Å². The Balaban J connectivity index is 1.69. The fourth-order valence-electron chi connectivity index (χ4n) is 2.99. The lowest BCUT2D eigenvalue weighted by atomic mass is 9.87. The Morgan fingerprint density at radius 3 is 2.70 bits per heavy atom. The van der Waals surface area contributed by atoms with E-state index in [-0.39, 0.29) is 6.10 Å². The molecule has 0 aromatic heterocycles. The van der Waals surface area contributed by atoms with Crippen LogP contribution in [0.1, 0.15) is 32.6 Å². The molecule has 116 valence electrons. The van der Waals surface area contributed by atoms with Crippen molar-refractivity contribution in [2.45, 2.75) is 44.8 Å². The molecule has 0 radical (unpaired) electrons. The fourth-order valence-corrected chi connectivity index (χ4v) is 2.99. The average Bonchev–Trinajstić information content (AvgIpc) is 2.45. The van der Waals surface area contributed by atoms with Gasteiger partial charge in [-0.2, -0.15) is 0 Å². The molecular formula is C15H30N4O. The smallest absolute Gasteiger partial charge is 0.191 e. The number of morpholine rings is 1. The van der Waals surface area contributed by atoms with E-state index in [2.05, 4.69) is 34.5 Å². The van der Waals surface area contributed by atoms with Gasteiger partial charge in [-0.15, -0.1) is 0 Å². The number of nitrogens with zero attached hydrogens (tertiary/aromatic N) is 2. The highest BCUT2D eigenvalue weighted by molar-refractivity contribution is 5.79. The molecule has 5 heteroatoms. The maximum absolute atomic E-state index is 5.76. The van der Waals surface area contributed by atoms with Crippen molar-refractivity contribution in [3.05, 3.63) is 0 Å². The van der Waals surface area contributed by atoms with Gasteiger partial charge in [0.2, 0.25) is 0 Å². The second-order valence-corrected chi connectivity index (χ2v) is 6.31. The summed E-state index contributed by atoms with van der Waals surface area (Å²) in [5.74, 6) is 1.80. The molecule has 0 amide bonds. The Kier molecular flexibility index (Phi) is 6.10. The van der Waals surface area contributed by atoms with E-state index in [0.717, 1.165) is 38.1 Å². The zero-order chi connectivity index (χ0) is 14.4. The number of nitrogens with one attached hydrogen (secondary N) is 2. The van der Waals surface area contributed by atoms with E-state index in [0.29, 0.717) is 6.04 Å². The van der Waals surface area contributed by atoms with E-state index < -0.39 is 0 Å². The van der Waals surface area contributed by atoms with Crippen molar-refractivity contribution in [2.75, 3.05) is 40.3 Å². The van der Waals surface area contributed by atoms with Crippen LogP contribution in [-0.2, 0) is 4.74 Å². The van der Waals surface area contributed by atoms with Crippen LogP contribution >= 0.6 is 0 Å². The minimum absolute atomic E-state index is 0.263. The maximum atomic E-state index is 5.76. The van der Waals surface area contributed by atoms with Gasteiger partial charge < -0.3 is 20.3 Å². The van der Waals surface area contributed by atoms with Crippen molar-refractivity contribution in [3.63, 3.8) is 0 Å². The first-order chi connectivity index (χ1) is 9.67. The van der Waals surface area contributed by atoms with E-state index in [4.69, 9.17) is 4.74 Å². The summed E-state index contributed by atoms with van der Waals surface area (Å²) in [6, 6.07) is 0.576. The first-order valence-electron chi connectivity index (χ1n) is 7.94. The monoisotopic (exact) mass is 282 g/mol. The van der Waals surface area contributed by atoms with Crippen LogP contribution in [0.3, 0.4) is 0 Å². The summed E-state index contributed by atoms with van der Waals surface area (Å²) < 4.78 is 5.76. The molecule has 20 heavy (non-hydrogen) atoms. The Hall–Kier alpha value is -0.810. The summed E-state index contributed by atoms with van der Waals surface area (Å²) in [5.41, 5.74) is 0. The lowest BCUT2D eigenvalue weighted by Crippen LogP contribution is -2.50. The first kappa shape index (κ1) is 15.6. The summed E-state index contributed by atoms with van der Waals surface area (Å²) >= 11 is 0. The highest BCUT2D eigenvalue weighted by Gasteiger charge is 2.20. The van der Waals surface area contributed by atoms with Gasteiger partial charge in [-0.05, 0) is 38.6 Å². The first-order valence-corrected chi connectivity index (χ1v) is 7.94. The molecule has 0 spiro atoms. The van der Waals surface area contributed by atoms with Gasteiger partial charge in [-0.3, -0.25) is 4.99 Å². The number of hydrogen-bond acceptors (Lipinski definition) is 3. The molecule has 2 aliphatic rings. The van der Waals surface area contributed by atoms with E-state index in [1.807, 2.05) is 7.05 Å². The van der Waals surface area contributed by atoms with Gasteiger partial charge >= 0.3 is 0 Å². The Morgan fingerprint density at radius 2 is 2.05 bits per heavy atom. The van der Waals surface area contributed by atoms with Gasteiger partial charge in [-0.1, -0.05) is 6.92 Å². The van der Waals surface area contributed by atoms with Crippen molar-refractivity contribution in [2.24, 2.45) is 10.9 Å². The Labute approximate surface area is 123 Å². The van der Waals surface area contributed by atoms with E-state index in [9.17, 15) is 0 Å². The van der Waals surface area contributed by atoms with Crippen LogP contribution in [0.5, 0.6) is 0 Å². The number of ether oxygens (including phenoxy) is 1. The highest BCUT2D eigenvalue weighted by atomic mass is 16.5. The van der Waals surface area contributed by atoms with E-state index >= 15 is 0 Å². The minimum Gasteiger partial charge on any atom is -0.374 e. The average molecular weight is 282 g/mol. The zero-order valence-electron chi connectivity index (χ0n) is 13.2. The standard InChI is InChI=1S/C15H30N4O/c1-12-4-6-13(7-5-12)18-15(16-2)17-10-14-11-19(3)8-9-20-14/h12-14H,4-11H2,1-3H3,(H2,16,17,18). The van der Waals surface area contributed by atoms with E-state index in [1.54, 1.807) is 0 Å². The van der Waals surface area contributed by atoms with Gasteiger partial charge in [0, 0.05) is 32.7 Å². The molecule has 0 bridgehead atoms. The summed E-state index contributed by atoms with van der Waals surface area (Å²) in [6.07, 6.45) is 5.42. The molecule has 2 fully saturated rings. The van der Waals surface area contributed by atoms with Gasteiger partial charge in [-0.25, -0.2) is 0 Å². The van der Waals surface area contributed by atoms with Crippen molar-refractivity contribution in [1.29, 1.82) is 0 Å². The predicted molar refractivity (Wildman–Crippen MR) is 83.2 cm³/mol. The third kappa shape index (κ3) is 4.94. The molecule has 0 aromatic carbocycles. The van der Waals surface area contributed by atoms with Gasteiger partial charge in [0.05, 0.1) is 12.7 Å². The van der Waals surface area contributed by atoms with Crippen molar-refractivity contribution in [3.8, 4) is 0 Å². The second-order valence-electron chi connectivity index (χ2n) is 6.31. The summed E-state index contributed by atoms with van der Waals surface area (Å²) in [4.78, 5) is 6.64. The van der Waals surface area contributed by atoms with Crippen molar-refractivity contribution in [1.82, 2.24) is 15.5 Å². The normalized spacial score (nSPS) is 33.0. The highest BCUT2D eigenvalue weighted by Crippen LogP contribution is 2.23. The lowest BCUT2D eigenvalue weighted by molar-refractivity contribution is -0.0161. The SMILES string of the molecule is CN=C(NCC1CN(C)CCO1)NC1CCC(C)CC1. The number of likely N-dealkylation sites (N-methyl/N-ethyl adjacent to an activating group) is 1. The largest absolute Gasteiger partial charge is 0.374 e. The van der Waals surface area contributed by atoms with Crippen LogP contribution in [0.25, 0.3) is 0 Å². The minimum atomic E-state index is 0.263. The molecule has 0 aromatic rings. The van der Waals surface area contributed by atoms with Crippen LogP contribution in [0.2, 0.25) is 0 Å². The lowest BCUT2D eigenvalue weighted by Gasteiger charge is -2.31. The number of aliphatic imine (C=N–C) groups is 1. The summed E-state index contributed by atoms with van der Waals surface area (Å²) in [6.45, 7) is 6.03. The quantitative estimate of drug-likeness (QED) is 0.600. The van der Waals surface area contributed by atoms with Crippen LogP contribution in [-0.4, -0.2) is 63.3 Å². The Bertz CT molecular complexity index is 313. The molecule has 1 heterocycles. The number of rotatable bonds is 3. The predicted octanol–water partition coefficient (Wildman–Crippen LogP) is 1.06. The topological polar surface area (TPSA) is 48.9 Å². The van der Waals surface area contributed by atoms with Crippen molar-refractivity contribution >= 4 is 5.96 Å². The zero-order valence-corrected chi connectivity index (χ0v) is 13.2. The molecule has 2 N–H and O–H groups in total. The van der Waals surface area contributed by atoms with Crippen LogP contribution in [0.4, 0.5) is 0 Å². The van der Waals surface area contributed by atoms with Gasteiger partial charge in [0.1, 0.15) is 0 Å². The molecule has 1 atom stereocenters.